The van der Waals surface area contributed by atoms with E-state index in [4.69, 9.17) is 23.9 Å². The van der Waals surface area contributed by atoms with Crippen molar-refractivity contribution in [1.29, 1.82) is 0 Å². The second kappa shape index (κ2) is 18.5. The summed E-state index contributed by atoms with van der Waals surface area (Å²) in [4.78, 5) is 41.5. The highest BCUT2D eigenvalue weighted by Crippen LogP contribution is 2.55. The van der Waals surface area contributed by atoms with Gasteiger partial charge in [-0.2, -0.15) is 4.98 Å². The van der Waals surface area contributed by atoms with Crippen LogP contribution in [0.3, 0.4) is 0 Å². The molecular formula is C55H66N8O9S. The number of hydrogen-bond donors (Lipinski definition) is 3. The molecule has 12 rings (SSSR count). The molecule has 3 saturated heterocycles. The monoisotopic (exact) mass is 1010 g/mol. The van der Waals surface area contributed by atoms with Gasteiger partial charge in [-0.25, -0.2) is 13.1 Å². The second-order valence-corrected chi connectivity index (χ2v) is 24.0. The first-order valence-electron chi connectivity index (χ1n) is 26.3. The van der Waals surface area contributed by atoms with Gasteiger partial charge in [0.15, 0.2) is 11.4 Å². The first-order chi connectivity index (χ1) is 35.2. The molecule has 0 bridgehead atoms. The van der Waals surface area contributed by atoms with Crippen molar-refractivity contribution in [3.63, 3.8) is 0 Å². The zero-order chi connectivity index (χ0) is 50.4. The molecule has 5 aliphatic heterocycles. The van der Waals surface area contributed by atoms with E-state index < -0.39 is 37.5 Å². The Morgan fingerprint density at radius 2 is 1.75 bits per heavy atom. The third-order valence-corrected chi connectivity index (χ3v) is 19.1. The lowest BCUT2D eigenvalue weighted by Gasteiger charge is -2.56. The number of sulfonamides is 1. The molecule has 7 heterocycles. The van der Waals surface area contributed by atoms with Crippen LogP contribution in [0, 0.1) is 21.4 Å². The van der Waals surface area contributed by atoms with E-state index in [0.29, 0.717) is 54.1 Å². The fourth-order valence-corrected chi connectivity index (χ4v) is 14.4. The Hall–Kier alpha value is -5.95. The highest BCUT2D eigenvalue weighted by atomic mass is 32.2. The summed E-state index contributed by atoms with van der Waals surface area (Å²) in [6.07, 6.45) is 11.7. The van der Waals surface area contributed by atoms with Crippen LogP contribution in [0.15, 0.2) is 77.8 Å². The highest BCUT2D eigenvalue weighted by molar-refractivity contribution is 7.90. The van der Waals surface area contributed by atoms with Crippen LogP contribution in [0.4, 0.5) is 28.4 Å². The van der Waals surface area contributed by atoms with E-state index in [9.17, 15) is 23.3 Å². The molecule has 4 atom stereocenters. The van der Waals surface area contributed by atoms with Crippen molar-refractivity contribution in [2.45, 2.75) is 132 Å². The van der Waals surface area contributed by atoms with Crippen molar-refractivity contribution < 1.29 is 37.1 Å². The zero-order valence-corrected chi connectivity index (χ0v) is 42.9. The van der Waals surface area contributed by atoms with Gasteiger partial charge in [0, 0.05) is 61.7 Å². The second-order valence-electron chi connectivity index (χ2n) is 22.3. The van der Waals surface area contributed by atoms with E-state index in [2.05, 4.69) is 69.9 Å². The molecule has 1 amide bonds. The molecule has 5 aromatic rings. The number of nitrogens with one attached hydrogen (secondary N) is 3. The number of hydrogen-bond acceptors (Lipinski definition) is 14. The van der Waals surface area contributed by atoms with Gasteiger partial charge in [0.05, 0.1) is 52.0 Å². The van der Waals surface area contributed by atoms with Crippen LogP contribution in [-0.2, 0) is 19.5 Å². The van der Waals surface area contributed by atoms with E-state index in [0.717, 1.165) is 75.3 Å². The molecule has 2 aliphatic carbocycles. The molecule has 2 saturated carbocycles. The number of H-pyrrole nitrogens is 1. The molecule has 18 heteroatoms. The number of carbonyl (C=O) groups is 1. The number of rotatable bonds is 11. The molecule has 3 N–H and O–H groups in total. The number of nitro groups is 1. The van der Waals surface area contributed by atoms with Gasteiger partial charge in [-0.1, -0.05) is 38.1 Å². The third-order valence-electron chi connectivity index (χ3n) is 17.8. The van der Waals surface area contributed by atoms with E-state index in [1.54, 1.807) is 13.2 Å². The number of benzene rings is 3. The average molecular weight is 1020 g/mol. The van der Waals surface area contributed by atoms with Gasteiger partial charge in [-0.05, 0) is 136 Å². The number of ether oxygens (including phenoxy) is 4. The number of piperidine rings is 1. The minimum Gasteiger partial charge on any atom is -0.489 e. The minimum absolute atomic E-state index is 0.0370. The molecule has 1 spiro atoms. The maximum absolute atomic E-state index is 14.8. The fourth-order valence-electron chi connectivity index (χ4n) is 13.4. The smallest absolute Gasteiger partial charge is 0.297 e. The van der Waals surface area contributed by atoms with Crippen LogP contribution in [0.1, 0.15) is 118 Å². The lowest BCUT2D eigenvalue weighted by molar-refractivity contribution is -0.384. The van der Waals surface area contributed by atoms with Crippen molar-refractivity contribution in [1.82, 2.24) is 19.6 Å². The van der Waals surface area contributed by atoms with Gasteiger partial charge in [0.1, 0.15) is 24.0 Å². The van der Waals surface area contributed by atoms with Gasteiger partial charge < -0.3 is 39.0 Å². The third kappa shape index (κ3) is 8.64. The zero-order valence-electron chi connectivity index (χ0n) is 42.1. The Morgan fingerprint density at radius 1 is 0.959 bits per heavy atom. The normalized spacial score (nSPS) is 26.9. The van der Waals surface area contributed by atoms with E-state index >= 15 is 0 Å². The van der Waals surface area contributed by atoms with E-state index in [1.165, 1.54) is 42.9 Å². The first-order valence-corrected chi connectivity index (χ1v) is 27.8. The van der Waals surface area contributed by atoms with Crippen LogP contribution in [0.25, 0.3) is 11.0 Å². The van der Waals surface area contributed by atoms with Crippen molar-refractivity contribution >= 4 is 55.4 Å². The summed E-state index contributed by atoms with van der Waals surface area (Å²) in [6, 6.07) is 21.2. The molecule has 386 valence electrons. The molecule has 2 aromatic heterocycles. The maximum Gasteiger partial charge on any atom is 0.297 e. The average Bonchev–Trinajstić information content (AvgIpc) is 4.18. The van der Waals surface area contributed by atoms with Crippen LogP contribution in [0.2, 0.25) is 0 Å². The van der Waals surface area contributed by atoms with E-state index in [1.807, 2.05) is 35.4 Å². The van der Waals surface area contributed by atoms with Crippen molar-refractivity contribution in [2.24, 2.45) is 11.3 Å². The number of anilines is 4. The van der Waals surface area contributed by atoms with Gasteiger partial charge in [-0.15, -0.1) is 0 Å². The first kappa shape index (κ1) is 48.0. The molecule has 7 aliphatic rings. The number of methoxy groups -OCH3 is 1. The molecule has 3 aromatic carbocycles. The van der Waals surface area contributed by atoms with Crippen LogP contribution in [0.5, 0.6) is 11.6 Å². The van der Waals surface area contributed by atoms with Crippen LogP contribution < -0.4 is 29.3 Å². The van der Waals surface area contributed by atoms with Crippen LogP contribution >= 0.6 is 0 Å². The van der Waals surface area contributed by atoms with Gasteiger partial charge in [-0.3, -0.25) is 19.8 Å². The molecule has 0 radical (unpaired) electrons. The number of likely N-dealkylation sites (tertiary alicyclic amines) is 1. The number of aromatic nitrogens is 2. The summed E-state index contributed by atoms with van der Waals surface area (Å²) >= 11 is 0. The van der Waals surface area contributed by atoms with Gasteiger partial charge >= 0.3 is 0 Å². The number of aromatic amines is 1. The predicted molar refractivity (Wildman–Crippen MR) is 278 cm³/mol. The Morgan fingerprint density at radius 3 is 2.52 bits per heavy atom. The topological polar surface area (TPSA) is 194 Å². The Kier molecular flexibility index (Phi) is 12.1. The van der Waals surface area contributed by atoms with Gasteiger partial charge in [0.2, 0.25) is 5.88 Å². The largest absolute Gasteiger partial charge is 0.489 e. The summed E-state index contributed by atoms with van der Waals surface area (Å²) in [5, 5.41) is 16.8. The minimum atomic E-state index is -4.69. The molecule has 5 fully saturated rings. The lowest BCUT2D eigenvalue weighted by Crippen LogP contribution is -2.55. The number of pyridine rings is 1. The maximum atomic E-state index is 14.8. The SMILES string of the molecule is COC1(C)CCC([C@H]2COc3cc(S(=O)(=O)NC(=O)c4ccc(N5CCC6(CC5)CC(N5CCC[C@H]5c5ccccc5C(C)C)C6)cc4N4c5cc6cc[nH]c6nc5O[C@@H]5COC[C@H]54)cc([N+](=O)[O-])c3N2)CC1. The fraction of sp³-hybridized carbons (Fsp3) is 0.527. The van der Waals surface area contributed by atoms with Crippen molar-refractivity contribution in [2.75, 3.05) is 61.7 Å². The number of nitrogens with zero attached hydrogens (tertiary/aromatic N) is 5. The summed E-state index contributed by atoms with van der Waals surface area (Å²) in [5.74, 6) is 0.180. The predicted octanol–water partition coefficient (Wildman–Crippen LogP) is 9.37. The standard InChI is InChI=1S/C55H66N8O9S/c1-33(2)39-8-5-6-9-40(39)43-10-7-21-61(43)37-28-55(29-37)18-22-60(23-19-55)36-11-12-41(44(25-36)62-46-24-35-15-20-56-51(35)58-53(46)72-49-32-70-31-47(49)62)52(64)59-73(67,68)38-26-45(63(65)66)50-48(27-38)71-30-42(57-50)34-13-16-54(3,69-4)17-14-34/h5-6,8-9,11-12,15,20,24-27,33-34,37,42-43,47,49,57H,7,10,13-14,16-19,21-23,28-32H2,1-4H3,(H,56,58)(H,59,64)/t34?,42-,43+,47-,49-,54?/m1/s1. The number of amides is 1. The Labute approximate surface area is 426 Å². The number of nitro benzene ring substituents is 1. The molecule has 0 unspecified atom stereocenters. The summed E-state index contributed by atoms with van der Waals surface area (Å²) in [6.45, 7) is 10.3. The Balaban J connectivity index is 0.819. The number of carbonyl (C=O) groups excluding carboxylic acids is 1. The van der Waals surface area contributed by atoms with Crippen molar-refractivity contribution in [3.05, 3.63) is 99.7 Å². The number of fused-ring (bicyclic) bond motifs is 4. The van der Waals surface area contributed by atoms with Gasteiger partial charge in [0.25, 0.3) is 21.6 Å². The van der Waals surface area contributed by atoms with Crippen LogP contribution in [-0.4, -0.2) is 111 Å². The van der Waals surface area contributed by atoms with E-state index in [-0.39, 0.29) is 52.6 Å². The summed E-state index contributed by atoms with van der Waals surface area (Å²) in [7, 11) is -2.98. The lowest BCUT2D eigenvalue weighted by atomic mass is 9.59. The Bertz CT molecular complexity index is 3070. The molecule has 73 heavy (non-hydrogen) atoms. The summed E-state index contributed by atoms with van der Waals surface area (Å²) in [5.41, 5.74) is 5.45. The molecular weight excluding hydrogens is 949 g/mol. The quantitative estimate of drug-likeness (QED) is 0.0837. The highest BCUT2D eigenvalue weighted by Gasteiger charge is 2.51. The molecule has 17 nitrogen and oxygen atoms in total. The summed E-state index contributed by atoms with van der Waals surface area (Å²) < 4.78 is 55.4. The van der Waals surface area contributed by atoms with Crippen molar-refractivity contribution in [3.8, 4) is 11.6 Å².